The fourth-order valence-electron chi connectivity index (χ4n) is 0.282. The van der Waals surface area contributed by atoms with Crippen LogP contribution in [0.2, 0.25) is 0 Å². The maximum atomic E-state index is 10.1. The molecule has 0 saturated heterocycles. The maximum Gasteiger partial charge on any atom is 0.289 e. The summed E-state index contributed by atoms with van der Waals surface area (Å²) in [6.07, 6.45) is 3.85. The predicted octanol–water partition coefficient (Wildman–Crippen LogP) is -0.485. The third-order valence-electron chi connectivity index (χ3n) is 0.531. The zero-order chi connectivity index (χ0) is 5.11. The number of hydrogen-bond donors (Lipinski definition) is 0. The number of nitrogens with zero attached hydrogens (tertiary/aromatic N) is 2. The van der Waals surface area contributed by atoms with Gasteiger partial charge in [0.1, 0.15) is 6.20 Å². The van der Waals surface area contributed by atoms with E-state index < -0.39 is 0 Å². The van der Waals surface area contributed by atoms with E-state index in [-0.39, 0.29) is 0 Å². The molecule has 0 aliphatic rings. The van der Waals surface area contributed by atoms with Crippen LogP contribution in [0.3, 0.4) is 0 Å². The molecule has 1 rings (SSSR count). The molecule has 0 aromatic carbocycles. The Balaban J connectivity index is 3.02. The summed E-state index contributed by atoms with van der Waals surface area (Å²) >= 11 is 0. The largest absolute Gasteiger partial charge is 0.711 e. The molecule has 0 aliphatic carbocycles. The van der Waals surface area contributed by atoms with Crippen molar-refractivity contribution in [3.8, 4) is 0 Å². The molecule has 0 atom stereocenters. The van der Waals surface area contributed by atoms with Crippen molar-refractivity contribution in [1.29, 1.82) is 0 Å². The van der Waals surface area contributed by atoms with E-state index in [0.717, 1.165) is 6.33 Å². The molecule has 3 heteroatoms. The number of rotatable bonds is 0. The fourth-order valence-corrected chi connectivity index (χ4v) is 0.282. The zero-order valence-corrected chi connectivity index (χ0v) is 3.53. The average molecular weight is 95.1 g/mol. The van der Waals surface area contributed by atoms with Crippen LogP contribution in [-0.4, -0.2) is 4.98 Å². The Labute approximate surface area is 40.8 Å². The minimum atomic E-state index is 0.583. The molecule has 0 unspecified atom stereocenters. The van der Waals surface area contributed by atoms with Gasteiger partial charge in [0.2, 0.25) is 0 Å². The minimum Gasteiger partial charge on any atom is -0.711 e. The summed E-state index contributed by atoms with van der Waals surface area (Å²) in [5.41, 5.74) is 0. The van der Waals surface area contributed by atoms with Gasteiger partial charge in [0, 0.05) is 0 Å². The normalized spacial score (nSPS) is 8.57. The van der Waals surface area contributed by atoms with Crippen LogP contribution >= 0.6 is 0 Å². The maximum absolute atomic E-state index is 10.1. The summed E-state index contributed by atoms with van der Waals surface area (Å²) in [6, 6.07) is 2.50. The topological polar surface area (TPSA) is 39.8 Å². The Morgan fingerprint density at radius 1 is 1.71 bits per heavy atom. The summed E-state index contributed by atoms with van der Waals surface area (Å²) in [5.74, 6) is 0. The predicted molar refractivity (Wildman–Crippen MR) is 22.0 cm³/mol. The highest BCUT2D eigenvalue weighted by Crippen LogP contribution is 1.63. The van der Waals surface area contributed by atoms with Crippen LogP contribution < -0.4 is 4.73 Å². The van der Waals surface area contributed by atoms with Gasteiger partial charge in [0.15, 0.2) is 6.20 Å². The average Bonchev–Trinajstić information content (AvgIpc) is 1.69. The van der Waals surface area contributed by atoms with E-state index in [4.69, 9.17) is 0 Å². The lowest BCUT2D eigenvalue weighted by atomic mass is 10.7. The summed E-state index contributed by atoms with van der Waals surface area (Å²) in [4.78, 5) is 3.48. The van der Waals surface area contributed by atoms with E-state index >= 15 is 0 Å². The highest BCUT2D eigenvalue weighted by atomic mass is 16.5. The summed E-state index contributed by atoms with van der Waals surface area (Å²) < 4.78 is 0.583. The van der Waals surface area contributed by atoms with Gasteiger partial charge in [-0.25, -0.2) is 4.73 Å². The molecule has 0 aliphatic heterocycles. The van der Waals surface area contributed by atoms with Crippen LogP contribution in [0.5, 0.6) is 0 Å². The van der Waals surface area contributed by atoms with Crippen molar-refractivity contribution in [2.75, 3.05) is 0 Å². The third-order valence-corrected chi connectivity index (χ3v) is 0.531. The van der Waals surface area contributed by atoms with Gasteiger partial charge in [-0.3, -0.25) is 0 Å². The van der Waals surface area contributed by atoms with Gasteiger partial charge in [-0.15, -0.1) is 0 Å². The number of hydrogen-bond acceptors (Lipinski definition) is 2. The first-order valence-corrected chi connectivity index (χ1v) is 1.79. The molecule has 0 bridgehead atoms. The molecule has 1 aromatic rings. The van der Waals surface area contributed by atoms with Crippen molar-refractivity contribution in [1.82, 2.24) is 4.98 Å². The quantitative estimate of drug-likeness (QED) is 0.322. The van der Waals surface area contributed by atoms with Crippen LogP contribution in [0.1, 0.15) is 0 Å². The van der Waals surface area contributed by atoms with Crippen LogP contribution in [0.15, 0.2) is 18.7 Å². The fraction of sp³-hybridized carbons (Fsp3) is 0. The molecule has 1 heterocycles. The van der Waals surface area contributed by atoms with Crippen LogP contribution in [-0.2, 0) is 0 Å². The van der Waals surface area contributed by atoms with Gasteiger partial charge < -0.3 is 5.21 Å². The molecule has 7 heavy (non-hydrogen) atoms. The van der Waals surface area contributed by atoms with E-state index in [1.165, 1.54) is 12.4 Å². The molecule has 0 N–H and O–H groups in total. The highest BCUT2D eigenvalue weighted by molar-refractivity contribution is 4.65. The van der Waals surface area contributed by atoms with Crippen LogP contribution in [0.4, 0.5) is 0 Å². The molecule has 35 valence electrons. The Bertz CT molecular complexity index is 140. The van der Waals surface area contributed by atoms with E-state index in [1.807, 2.05) is 0 Å². The van der Waals surface area contributed by atoms with Crippen LogP contribution in [0, 0.1) is 11.3 Å². The van der Waals surface area contributed by atoms with Crippen molar-refractivity contribution in [3.05, 3.63) is 30.0 Å². The standard InChI is InChI=1S/C4H3N2O/c7-6-3-1-2-5-4-6/h2-4H. The second-order valence-electron chi connectivity index (χ2n) is 1.05. The van der Waals surface area contributed by atoms with Crippen molar-refractivity contribution < 1.29 is 4.73 Å². The van der Waals surface area contributed by atoms with Gasteiger partial charge in [-0.1, -0.05) is 4.98 Å². The number of aromatic nitrogens is 2. The Morgan fingerprint density at radius 3 is 2.86 bits per heavy atom. The second kappa shape index (κ2) is 1.55. The first-order valence-electron chi connectivity index (χ1n) is 1.79. The SMILES string of the molecule is [O-][n+]1c[c]cnc1. The first-order chi connectivity index (χ1) is 3.39. The van der Waals surface area contributed by atoms with E-state index in [2.05, 4.69) is 11.1 Å². The molecule has 0 amide bonds. The molecule has 0 saturated carbocycles. The van der Waals surface area contributed by atoms with E-state index in [9.17, 15) is 5.21 Å². The lowest BCUT2D eigenvalue weighted by Gasteiger charge is -1.91. The van der Waals surface area contributed by atoms with Crippen molar-refractivity contribution >= 4 is 0 Å². The second-order valence-corrected chi connectivity index (χ2v) is 1.05. The smallest absolute Gasteiger partial charge is 0.289 e. The summed E-state index contributed by atoms with van der Waals surface area (Å²) in [5, 5.41) is 10.1. The van der Waals surface area contributed by atoms with Gasteiger partial charge in [0.05, 0.1) is 6.07 Å². The van der Waals surface area contributed by atoms with Gasteiger partial charge in [-0.05, 0) is 0 Å². The van der Waals surface area contributed by atoms with Crippen LogP contribution in [0.25, 0.3) is 0 Å². The first kappa shape index (κ1) is 4.05. The summed E-state index contributed by atoms with van der Waals surface area (Å²) in [6.45, 7) is 0. The molecule has 1 radical (unpaired) electrons. The monoisotopic (exact) mass is 95.0 g/mol. The molecular formula is C4H3N2O. The Morgan fingerprint density at radius 2 is 2.57 bits per heavy atom. The third kappa shape index (κ3) is 0.855. The van der Waals surface area contributed by atoms with Gasteiger partial charge in [0.25, 0.3) is 6.33 Å². The van der Waals surface area contributed by atoms with Gasteiger partial charge in [-0.2, -0.15) is 0 Å². The lowest BCUT2D eigenvalue weighted by molar-refractivity contribution is -0.609. The Kier molecular flexibility index (Phi) is 0.898. The highest BCUT2D eigenvalue weighted by Gasteiger charge is 1.76. The van der Waals surface area contributed by atoms with Crippen molar-refractivity contribution in [2.24, 2.45) is 0 Å². The summed E-state index contributed by atoms with van der Waals surface area (Å²) in [7, 11) is 0. The molecule has 3 nitrogen and oxygen atoms in total. The van der Waals surface area contributed by atoms with E-state index in [0.29, 0.717) is 4.73 Å². The van der Waals surface area contributed by atoms with Crippen molar-refractivity contribution in [3.63, 3.8) is 0 Å². The molecule has 1 aromatic heterocycles. The van der Waals surface area contributed by atoms with Gasteiger partial charge >= 0.3 is 0 Å². The minimum absolute atomic E-state index is 0.583. The molecular weight excluding hydrogens is 92.1 g/mol. The molecule has 0 fully saturated rings. The van der Waals surface area contributed by atoms with Crippen molar-refractivity contribution in [2.45, 2.75) is 0 Å². The zero-order valence-electron chi connectivity index (χ0n) is 3.53. The van der Waals surface area contributed by atoms with E-state index in [1.54, 1.807) is 0 Å². The molecule has 0 spiro atoms. The Hall–Kier alpha value is -1.12. The lowest BCUT2D eigenvalue weighted by Crippen LogP contribution is -2.24.